The second-order valence-corrected chi connectivity index (χ2v) is 7.69. The molecule has 0 saturated heterocycles. The van der Waals surface area contributed by atoms with Gasteiger partial charge >= 0.3 is 5.97 Å². The summed E-state index contributed by atoms with van der Waals surface area (Å²) in [5.41, 5.74) is 2.26. The van der Waals surface area contributed by atoms with Crippen LogP contribution in [0.25, 0.3) is 16.5 Å². The SMILES string of the molecule is COc1ccc(CCNC(=O)/C=C(\C)c2cc3cccc(OCCCC(=O)O)c3o2)cc1OC. The van der Waals surface area contributed by atoms with Crippen LogP contribution in [0.15, 0.2) is 53.0 Å². The molecule has 1 aromatic heterocycles. The Morgan fingerprint density at radius 3 is 2.59 bits per heavy atom. The smallest absolute Gasteiger partial charge is 0.303 e. The fraction of sp³-hybridized carbons (Fsp3) is 0.308. The Morgan fingerprint density at radius 2 is 1.85 bits per heavy atom. The van der Waals surface area contributed by atoms with E-state index in [9.17, 15) is 9.59 Å². The first-order valence-corrected chi connectivity index (χ1v) is 11.0. The first-order chi connectivity index (χ1) is 16.4. The summed E-state index contributed by atoms with van der Waals surface area (Å²) < 4.78 is 22.2. The fourth-order valence-corrected chi connectivity index (χ4v) is 3.43. The Hall–Kier alpha value is -3.94. The number of carboxylic acids is 1. The van der Waals surface area contributed by atoms with Crippen LogP contribution in [0.3, 0.4) is 0 Å². The minimum atomic E-state index is -0.857. The van der Waals surface area contributed by atoms with Gasteiger partial charge in [-0.3, -0.25) is 9.59 Å². The van der Waals surface area contributed by atoms with E-state index in [0.717, 1.165) is 10.9 Å². The molecule has 3 aromatic rings. The molecule has 0 spiro atoms. The molecule has 0 saturated carbocycles. The second-order valence-electron chi connectivity index (χ2n) is 7.69. The lowest BCUT2D eigenvalue weighted by molar-refractivity contribution is -0.137. The van der Waals surface area contributed by atoms with Gasteiger partial charge in [0.25, 0.3) is 0 Å². The molecule has 180 valence electrons. The topological polar surface area (TPSA) is 107 Å². The van der Waals surface area contributed by atoms with Crippen LogP contribution in [0.2, 0.25) is 0 Å². The summed E-state index contributed by atoms with van der Waals surface area (Å²) in [4.78, 5) is 23.1. The minimum Gasteiger partial charge on any atom is -0.493 e. The molecule has 0 aliphatic heterocycles. The number of fused-ring (bicyclic) bond motifs is 1. The van der Waals surface area contributed by atoms with Gasteiger partial charge in [0.15, 0.2) is 22.8 Å². The van der Waals surface area contributed by atoms with E-state index in [-0.39, 0.29) is 18.9 Å². The summed E-state index contributed by atoms with van der Waals surface area (Å²) in [5, 5.41) is 12.5. The number of ether oxygens (including phenoxy) is 3. The van der Waals surface area contributed by atoms with Crippen LogP contribution < -0.4 is 19.5 Å². The molecule has 34 heavy (non-hydrogen) atoms. The van der Waals surface area contributed by atoms with Crippen molar-refractivity contribution in [1.82, 2.24) is 5.32 Å². The molecule has 0 aliphatic carbocycles. The minimum absolute atomic E-state index is 0.0440. The molecule has 0 bridgehead atoms. The third kappa shape index (κ3) is 6.54. The highest BCUT2D eigenvalue weighted by Gasteiger charge is 2.12. The molecule has 8 heteroatoms. The van der Waals surface area contributed by atoms with Gasteiger partial charge in [-0.05, 0) is 55.2 Å². The van der Waals surface area contributed by atoms with Crippen molar-refractivity contribution >= 4 is 28.4 Å². The van der Waals surface area contributed by atoms with Crippen molar-refractivity contribution in [3.05, 3.63) is 59.9 Å². The predicted octanol–water partition coefficient (Wildman–Crippen LogP) is 4.46. The van der Waals surface area contributed by atoms with Crippen LogP contribution >= 0.6 is 0 Å². The number of methoxy groups -OCH3 is 2. The summed E-state index contributed by atoms with van der Waals surface area (Å²) in [6, 6.07) is 13.0. The van der Waals surface area contributed by atoms with Gasteiger partial charge in [-0.1, -0.05) is 18.2 Å². The van der Waals surface area contributed by atoms with Crippen LogP contribution in [0.1, 0.15) is 31.1 Å². The largest absolute Gasteiger partial charge is 0.493 e. The van der Waals surface area contributed by atoms with Crippen LogP contribution in [0.4, 0.5) is 0 Å². The van der Waals surface area contributed by atoms with Crippen LogP contribution in [0.5, 0.6) is 17.2 Å². The van der Waals surface area contributed by atoms with Gasteiger partial charge in [-0.25, -0.2) is 0 Å². The monoisotopic (exact) mass is 467 g/mol. The highest BCUT2D eigenvalue weighted by atomic mass is 16.5. The molecule has 8 nitrogen and oxygen atoms in total. The molecule has 1 heterocycles. The van der Waals surface area contributed by atoms with Gasteiger partial charge in [0.1, 0.15) is 5.76 Å². The molecule has 0 atom stereocenters. The Kier molecular flexibility index (Phi) is 8.56. The summed E-state index contributed by atoms with van der Waals surface area (Å²) in [6.07, 6.45) is 2.59. The number of allylic oxidation sites excluding steroid dienone is 1. The highest BCUT2D eigenvalue weighted by Crippen LogP contribution is 2.31. The summed E-state index contributed by atoms with van der Waals surface area (Å²) in [7, 11) is 3.17. The first kappa shape index (κ1) is 24.7. The average molecular weight is 468 g/mol. The van der Waals surface area contributed by atoms with E-state index in [4.69, 9.17) is 23.7 Å². The third-order valence-electron chi connectivity index (χ3n) is 5.20. The van der Waals surface area contributed by atoms with Crippen LogP contribution in [-0.4, -0.2) is 44.4 Å². The van der Waals surface area contributed by atoms with Crippen molar-refractivity contribution in [1.29, 1.82) is 0 Å². The highest BCUT2D eigenvalue weighted by molar-refractivity contribution is 5.95. The number of rotatable bonds is 12. The molecule has 0 unspecified atom stereocenters. The Bertz CT molecular complexity index is 1180. The quantitative estimate of drug-likeness (QED) is 0.299. The van der Waals surface area contributed by atoms with E-state index in [0.29, 0.717) is 53.6 Å². The van der Waals surface area contributed by atoms with Gasteiger partial charge in [0.2, 0.25) is 5.91 Å². The summed E-state index contributed by atoms with van der Waals surface area (Å²) >= 11 is 0. The van der Waals surface area contributed by atoms with Crippen LogP contribution in [0, 0.1) is 0 Å². The molecular weight excluding hydrogens is 438 g/mol. The Balaban J connectivity index is 1.59. The Morgan fingerprint density at radius 1 is 1.06 bits per heavy atom. The molecule has 0 aliphatic rings. The standard InChI is InChI=1S/C26H29NO7/c1-17(14-24(28)27-12-11-18-9-10-20(31-2)23(15-18)32-3)22-16-19-6-4-7-21(26(19)34-22)33-13-5-8-25(29)30/h4,6-7,9-10,14-16H,5,8,11-13H2,1-3H3,(H,27,28)(H,29,30)/b17-14+. The lowest BCUT2D eigenvalue weighted by Gasteiger charge is -2.09. The van der Waals surface area contributed by atoms with Crippen molar-refractivity contribution in [2.45, 2.75) is 26.2 Å². The number of carbonyl (C=O) groups excluding carboxylic acids is 1. The maximum absolute atomic E-state index is 12.4. The van der Waals surface area contributed by atoms with E-state index in [2.05, 4.69) is 5.32 Å². The molecule has 2 N–H and O–H groups in total. The number of para-hydroxylation sites is 1. The molecule has 1 amide bonds. The average Bonchev–Trinajstić information content (AvgIpc) is 3.27. The van der Waals surface area contributed by atoms with Crippen molar-refractivity contribution in [3.63, 3.8) is 0 Å². The molecular formula is C26H29NO7. The van der Waals surface area contributed by atoms with Crippen molar-refractivity contribution in [3.8, 4) is 17.2 Å². The number of carboxylic acid groups (broad SMARTS) is 1. The van der Waals surface area contributed by atoms with E-state index in [1.165, 1.54) is 6.08 Å². The first-order valence-electron chi connectivity index (χ1n) is 11.0. The third-order valence-corrected chi connectivity index (χ3v) is 5.20. The van der Waals surface area contributed by atoms with Gasteiger partial charge in [0, 0.05) is 24.4 Å². The fourth-order valence-electron chi connectivity index (χ4n) is 3.43. The summed E-state index contributed by atoms with van der Waals surface area (Å²) in [5.74, 6) is 1.34. The number of nitrogens with one attached hydrogen (secondary N) is 1. The number of furan rings is 1. The Labute approximate surface area is 198 Å². The number of benzene rings is 2. The van der Waals surface area contributed by atoms with E-state index in [1.54, 1.807) is 27.2 Å². The zero-order valence-corrected chi connectivity index (χ0v) is 19.6. The van der Waals surface area contributed by atoms with Crippen molar-refractivity contribution in [2.75, 3.05) is 27.4 Å². The van der Waals surface area contributed by atoms with E-state index in [1.807, 2.05) is 36.4 Å². The lowest BCUT2D eigenvalue weighted by atomic mass is 10.1. The van der Waals surface area contributed by atoms with Gasteiger partial charge in [-0.15, -0.1) is 0 Å². The normalized spacial score (nSPS) is 11.3. The maximum atomic E-state index is 12.4. The molecule has 3 rings (SSSR count). The van der Waals surface area contributed by atoms with Crippen molar-refractivity contribution < 1.29 is 33.3 Å². The molecule has 2 aromatic carbocycles. The van der Waals surface area contributed by atoms with Crippen molar-refractivity contribution in [2.24, 2.45) is 0 Å². The van der Waals surface area contributed by atoms with Crippen LogP contribution in [-0.2, 0) is 16.0 Å². The van der Waals surface area contributed by atoms with Gasteiger partial charge in [-0.2, -0.15) is 0 Å². The lowest BCUT2D eigenvalue weighted by Crippen LogP contribution is -2.23. The number of amides is 1. The zero-order valence-electron chi connectivity index (χ0n) is 19.6. The van der Waals surface area contributed by atoms with Gasteiger partial charge < -0.3 is 29.1 Å². The number of hydrogen-bond acceptors (Lipinski definition) is 6. The number of aliphatic carboxylic acids is 1. The molecule has 0 fully saturated rings. The zero-order chi connectivity index (χ0) is 24.5. The van der Waals surface area contributed by atoms with E-state index >= 15 is 0 Å². The van der Waals surface area contributed by atoms with E-state index < -0.39 is 5.97 Å². The number of carbonyl (C=O) groups is 2. The summed E-state index contributed by atoms with van der Waals surface area (Å²) in [6.45, 7) is 2.55. The predicted molar refractivity (Wildman–Crippen MR) is 128 cm³/mol. The van der Waals surface area contributed by atoms with Gasteiger partial charge in [0.05, 0.1) is 20.8 Å². The second kappa shape index (κ2) is 11.8. The maximum Gasteiger partial charge on any atom is 0.303 e. The molecule has 0 radical (unpaired) electrons. The number of hydrogen-bond donors (Lipinski definition) is 2.